The van der Waals surface area contributed by atoms with Gasteiger partial charge in [0.1, 0.15) is 11.5 Å². The summed E-state index contributed by atoms with van der Waals surface area (Å²) in [5.41, 5.74) is 6.24. The van der Waals surface area contributed by atoms with E-state index < -0.39 is 23.1 Å². The number of carbonyl (C=O) groups is 2. The number of nitrogens with one attached hydrogen (secondary N) is 1. The number of aromatic nitrogens is 4. The summed E-state index contributed by atoms with van der Waals surface area (Å²) < 4.78 is 3.62. The largest absolute Gasteiger partial charge is 0.365 e. The van der Waals surface area contributed by atoms with Gasteiger partial charge in [-0.05, 0) is 30.7 Å². The van der Waals surface area contributed by atoms with Crippen LogP contribution in [-0.4, -0.2) is 30.5 Å². The number of thiophene rings is 1. The average molecular weight is 430 g/mol. The molecule has 1 aliphatic rings. The zero-order valence-electron chi connectivity index (χ0n) is 16.9. The monoisotopic (exact) mass is 430 g/mol. The van der Waals surface area contributed by atoms with Gasteiger partial charge >= 0.3 is 5.69 Å². The smallest absolute Gasteiger partial charge is 0.332 e. The molecule has 0 radical (unpaired) electrons. The predicted molar refractivity (Wildman–Crippen MR) is 113 cm³/mol. The maximum Gasteiger partial charge on any atom is 0.332 e. The summed E-state index contributed by atoms with van der Waals surface area (Å²) in [6.07, 6.45) is 3.94. The summed E-state index contributed by atoms with van der Waals surface area (Å²) in [5, 5.41) is 3.22. The van der Waals surface area contributed by atoms with E-state index in [9.17, 15) is 19.2 Å². The third kappa shape index (κ3) is 3.15. The van der Waals surface area contributed by atoms with Gasteiger partial charge in [0.2, 0.25) is 5.91 Å². The number of aryl methyl sites for hydroxylation is 1. The summed E-state index contributed by atoms with van der Waals surface area (Å²) in [4.78, 5) is 54.6. The van der Waals surface area contributed by atoms with Gasteiger partial charge in [-0.15, -0.1) is 11.3 Å². The van der Waals surface area contributed by atoms with Crippen LogP contribution in [0.1, 0.15) is 34.1 Å². The molecular weight excluding hydrogens is 408 g/mol. The lowest BCUT2D eigenvalue weighted by Crippen LogP contribution is -2.37. The van der Waals surface area contributed by atoms with E-state index in [2.05, 4.69) is 17.2 Å². The van der Waals surface area contributed by atoms with Gasteiger partial charge in [0, 0.05) is 19.0 Å². The molecule has 0 saturated heterocycles. The molecule has 2 amide bonds. The molecule has 0 fully saturated rings. The summed E-state index contributed by atoms with van der Waals surface area (Å²) in [7, 11) is 2.88. The van der Waals surface area contributed by atoms with Gasteiger partial charge in [-0.3, -0.25) is 23.5 Å². The number of fused-ring (bicyclic) bond motifs is 2. The number of hydrogen-bond acceptors (Lipinski definition) is 6. The first kappa shape index (κ1) is 20.1. The number of anilines is 1. The Balaban J connectivity index is 1.66. The minimum Gasteiger partial charge on any atom is -0.365 e. The van der Waals surface area contributed by atoms with Crippen molar-refractivity contribution in [2.45, 2.75) is 32.7 Å². The second kappa shape index (κ2) is 7.24. The molecule has 0 aliphatic heterocycles. The van der Waals surface area contributed by atoms with E-state index in [1.165, 1.54) is 40.9 Å². The predicted octanol–water partition coefficient (Wildman–Crippen LogP) is 0.358. The molecule has 0 unspecified atom stereocenters. The van der Waals surface area contributed by atoms with Crippen molar-refractivity contribution >= 4 is 39.3 Å². The summed E-state index contributed by atoms with van der Waals surface area (Å²) >= 11 is 1.38. The van der Waals surface area contributed by atoms with Crippen LogP contribution >= 0.6 is 11.3 Å². The quantitative estimate of drug-likeness (QED) is 0.616. The minimum atomic E-state index is -0.561. The van der Waals surface area contributed by atoms with Gasteiger partial charge in [-0.2, -0.15) is 0 Å². The van der Waals surface area contributed by atoms with E-state index in [1.54, 1.807) is 0 Å². The van der Waals surface area contributed by atoms with E-state index in [0.717, 1.165) is 34.3 Å². The Bertz CT molecular complexity index is 1310. The molecule has 0 bridgehead atoms. The zero-order chi connectivity index (χ0) is 21.7. The van der Waals surface area contributed by atoms with E-state index in [-0.39, 0.29) is 17.7 Å². The van der Waals surface area contributed by atoms with E-state index in [1.807, 2.05) is 0 Å². The fraction of sp³-hybridized carbons (Fsp3) is 0.421. The van der Waals surface area contributed by atoms with Gasteiger partial charge in [-0.1, -0.05) is 6.92 Å². The molecule has 0 aromatic carbocycles. The van der Waals surface area contributed by atoms with Crippen molar-refractivity contribution in [3.63, 3.8) is 0 Å². The van der Waals surface area contributed by atoms with Crippen LogP contribution < -0.4 is 22.3 Å². The van der Waals surface area contributed by atoms with Crippen molar-refractivity contribution in [2.75, 3.05) is 5.32 Å². The van der Waals surface area contributed by atoms with Crippen molar-refractivity contribution in [1.29, 1.82) is 0 Å². The highest BCUT2D eigenvalue weighted by Gasteiger charge is 2.27. The topological polar surface area (TPSA) is 134 Å². The fourth-order valence-corrected chi connectivity index (χ4v) is 5.37. The Morgan fingerprint density at radius 2 is 2.03 bits per heavy atom. The van der Waals surface area contributed by atoms with Crippen LogP contribution in [0.25, 0.3) is 11.2 Å². The maximum absolute atomic E-state index is 12.7. The van der Waals surface area contributed by atoms with Gasteiger partial charge in [0.15, 0.2) is 11.2 Å². The molecule has 4 rings (SSSR count). The molecule has 158 valence electrons. The van der Waals surface area contributed by atoms with Crippen LogP contribution in [-0.2, 0) is 38.3 Å². The van der Waals surface area contributed by atoms with Crippen molar-refractivity contribution in [1.82, 2.24) is 18.7 Å². The second-order valence-corrected chi connectivity index (χ2v) is 8.82. The summed E-state index contributed by atoms with van der Waals surface area (Å²) in [6, 6.07) is 0. The molecule has 0 spiro atoms. The van der Waals surface area contributed by atoms with Crippen LogP contribution in [0.5, 0.6) is 0 Å². The van der Waals surface area contributed by atoms with Crippen LogP contribution in [0.15, 0.2) is 15.9 Å². The van der Waals surface area contributed by atoms with Crippen molar-refractivity contribution < 1.29 is 9.59 Å². The maximum atomic E-state index is 12.7. The molecule has 3 heterocycles. The Hall–Kier alpha value is -3.21. The molecule has 1 aliphatic carbocycles. The molecule has 10 nitrogen and oxygen atoms in total. The van der Waals surface area contributed by atoms with Crippen molar-refractivity contribution in [3.8, 4) is 0 Å². The lowest BCUT2D eigenvalue weighted by atomic mass is 9.88. The Labute approximate surface area is 174 Å². The number of imidazole rings is 1. The van der Waals surface area contributed by atoms with Gasteiger partial charge in [0.05, 0.1) is 11.9 Å². The first-order valence-corrected chi connectivity index (χ1v) is 10.4. The summed E-state index contributed by atoms with van der Waals surface area (Å²) in [6.45, 7) is 1.96. The Morgan fingerprint density at radius 3 is 2.73 bits per heavy atom. The fourth-order valence-electron chi connectivity index (χ4n) is 3.94. The minimum absolute atomic E-state index is 0.157. The Kier molecular flexibility index (Phi) is 4.85. The highest BCUT2D eigenvalue weighted by molar-refractivity contribution is 7.17. The van der Waals surface area contributed by atoms with Crippen LogP contribution in [0, 0.1) is 5.92 Å². The Morgan fingerprint density at radius 1 is 1.30 bits per heavy atom. The van der Waals surface area contributed by atoms with Gasteiger partial charge in [-0.25, -0.2) is 9.78 Å². The standard InChI is InChI=1S/C19H22N6O4S/c1-9-4-5-10-11(6-9)30-17(13(10)15(20)27)22-12(26)7-25-8-21-16-14(25)18(28)24(3)19(29)23(16)2/h8-9H,4-7H2,1-3H3,(H2,20,27)(H,22,26)/t9-/m0/s1. The average Bonchev–Trinajstić information content (AvgIpc) is 3.25. The number of rotatable bonds is 4. The lowest BCUT2D eigenvalue weighted by Gasteiger charge is -2.18. The molecule has 3 N–H and O–H groups in total. The second-order valence-electron chi connectivity index (χ2n) is 7.72. The molecule has 30 heavy (non-hydrogen) atoms. The highest BCUT2D eigenvalue weighted by Crippen LogP contribution is 2.39. The number of nitrogens with two attached hydrogens (primary N) is 1. The van der Waals surface area contributed by atoms with E-state index >= 15 is 0 Å². The number of amides is 2. The molecule has 0 saturated carbocycles. The molecule has 11 heteroatoms. The third-order valence-electron chi connectivity index (χ3n) is 5.54. The zero-order valence-corrected chi connectivity index (χ0v) is 17.7. The number of hydrogen-bond donors (Lipinski definition) is 2. The van der Waals surface area contributed by atoms with E-state index in [0.29, 0.717) is 16.5 Å². The number of carbonyl (C=O) groups excluding carboxylic acids is 2. The third-order valence-corrected chi connectivity index (χ3v) is 6.71. The molecule has 3 aromatic heterocycles. The molecular formula is C19H22N6O4S. The van der Waals surface area contributed by atoms with Gasteiger partial charge < -0.3 is 15.6 Å². The highest BCUT2D eigenvalue weighted by atomic mass is 32.1. The summed E-state index contributed by atoms with van der Waals surface area (Å²) in [5.74, 6) is -0.464. The van der Waals surface area contributed by atoms with Crippen LogP contribution in [0.3, 0.4) is 0 Å². The first-order valence-electron chi connectivity index (χ1n) is 9.54. The van der Waals surface area contributed by atoms with Crippen molar-refractivity contribution in [2.24, 2.45) is 25.7 Å². The van der Waals surface area contributed by atoms with Crippen LogP contribution in [0.2, 0.25) is 0 Å². The molecule has 3 aromatic rings. The van der Waals surface area contributed by atoms with Crippen molar-refractivity contribution in [3.05, 3.63) is 43.2 Å². The first-order chi connectivity index (χ1) is 14.2. The lowest BCUT2D eigenvalue weighted by molar-refractivity contribution is -0.116. The van der Waals surface area contributed by atoms with Crippen LogP contribution in [0.4, 0.5) is 5.00 Å². The SMILES string of the molecule is C[C@H]1CCc2c(sc(NC(=O)Cn3cnc4c3c(=O)n(C)c(=O)n4C)c2C(N)=O)C1. The normalized spacial score (nSPS) is 15.9. The van der Waals surface area contributed by atoms with Gasteiger partial charge in [0.25, 0.3) is 11.5 Å². The number of nitrogens with zero attached hydrogens (tertiary/aromatic N) is 4. The number of primary amides is 1. The molecule has 1 atom stereocenters. The van der Waals surface area contributed by atoms with E-state index in [4.69, 9.17) is 5.73 Å².